The number of aryl methyl sites for hydroxylation is 3. The van der Waals surface area contributed by atoms with Gasteiger partial charge >= 0.3 is 0 Å². The number of aromatic nitrogens is 6. The third-order valence-corrected chi connectivity index (χ3v) is 4.48. The van der Waals surface area contributed by atoms with Crippen LogP contribution in [0, 0.1) is 6.92 Å². The summed E-state index contributed by atoms with van der Waals surface area (Å²) in [4.78, 5) is 8.07. The van der Waals surface area contributed by atoms with E-state index in [0.29, 0.717) is 0 Å². The predicted octanol–water partition coefficient (Wildman–Crippen LogP) is 2.72. The minimum Gasteiger partial charge on any atom is -0.339 e. The summed E-state index contributed by atoms with van der Waals surface area (Å²) in [6.45, 7) is 4.26. The maximum absolute atomic E-state index is 4.58. The van der Waals surface area contributed by atoms with Gasteiger partial charge in [-0.1, -0.05) is 6.92 Å². The van der Waals surface area contributed by atoms with Crippen LogP contribution in [-0.4, -0.2) is 29.5 Å². The topological polar surface area (TPSA) is 64.3 Å². The molecule has 22 heavy (non-hydrogen) atoms. The van der Waals surface area contributed by atoms with Crippen LogP contribution in [0.5, 0.6) is 0 Å². The molecule has 0 bridgehead atoms. The minimum atomic E-state index is 0.909. The Morgan fingerprint density at radius 1 is 1.09 bits per heavy atom. The van der Waals surface area contributed by atoms with Crippen molar-refractivity contribution in [3.63, 3.8) is 0 Å². The number of hydrogen-bond donors (Lipinski definition) is 1. The summed E-state index contributed by atoms with van der Waals surface area (Å²) in [5.41, 5.74) is 6.70. The molecule has 0 aliphatic rings. The molecule has 0 saturated heterocycles. The van der Waals surface area contributed by atoms with Crippen molar-refractivity contribution in [2.75, 3.05) is 0 Å². The van der Waals surface area contributed by atoms with Gasteiger partial charge in [-0.25, -0.2) is 4.98 Å². The lowest BCUT2D eigenvalue weighted by atomic mass is 10.0. The van der Waals surface area contributed by atoms with Crippen molar-refractivity contribution in [1.82, 2.24) is 29.5 Å². The van der Waals surface area contributed by atoms with E-state index in [1.54, 1.807) is 0 Å². The second kappa shape index (κ2) is 4.43. The minimum absolute atomic E-state index is 0.909. The fraction of sp³-hybridized carbons (Fsp3) is 0.312. The van der Waals surface area contributed by atoms with Crippen LogP contribution in [0.2, 0.25) is 0 Å². The molecule has 0 radical (unpaired) electrons. The van der Waals surface area contributed by atoms with E-state index in [4.69, 9.17) is 0 Å². The van der Waals surface area contributed by atoms with Gasteiger partial charge in [0.25, 0.3) is 0 Å². The quantitative estimate of drug-likeness (QED) is 0.618. The summed E-state index contributed by atoms with van der Waals surface area (Å²) in [7, 11) is 3.94. The summed E-state index contributed by atoms with van der Waals surface area (Å²) in [6.07, 6.45) is 6.58. The molecule has 112 valence electrons. The largest absolute Gasteiger partial charge is 0.339 e. The van der Waals surface area contributed by atoms with E-state index < -0.39 is 0 Å². The first-order valence-electron chi connectivity index (χ1n) is 7.42. The fourth-order valence-corrected chi connectivity index (χ4v) is 3.19. The van der Waals surface area contributed by atoms with Gasteiger partial charge in [0.1, 0.15) is 5.65 Å². The third-order valence-electron chi connectivity index (χ3n) is 4.48. The van der Waals surface area contributed by atoms with Gasteiger partial charge in [-0.3, -0.25) is 9.36 Å². The van der Waals surface area contributed by atoms with Gasteiger partial charge in [0, 0.05) is 42.3 Å². The van der Waals surface area contributed by atoms with Crippen molar-refractivity contribution < 1.29 is 0 Å². The summed E-state index contributed by atoms with van der Waals surface area (Å²) in [6, 6.07) is 0. The zero-order valence-electron chi connectivity index (χ0n) is 13.2. The van der Waals surface area contributed by atoms with E-state index in [1.165, 1.54) is 10.9 Å². The van der Waals surface area contributed by atoms with E-state index in [2.05, 4.69) is 34.0 Å². The molecule has 6 heteroatoms. The smallest absolute Gasteiger partial charge is 0.140 e. The van der Waals surface area contributed by atoms with Crippen molar-refractivity contribution in [2.45, 2.75) is 20.3 Å². The van der Waals surface area contributed by atoms with Gasteiger partial charge in [-0.2, -0.15) is 10.2 Å². The molecular formula is C16H18N6. The van der Waals surface area contributed by atoms with Crippen molar-refractivity contribution >= 4 is 21.9 Å². The molecular weight excluding hydrogens is 276 g/mol. The van der Waals surface area contributed by atoms with Crippen molar-refractivity contribution in [3.05, 3.63) is 29.8 Å². The molecule has 0 aromatic carbocycles. The second-order valence-electron chi connectivity index (χ2n) is 5.65. The Kier molecular flexibility index (Phi) is 2.63. The molecule has 0 unspecified atom stereocenters. The van der Waals surface area contributed by atoms with Crippen molar-refractivity contribution in [2.24, 2.45) is 14.1 Å². The zero-order chi connectivity index (χ0) is 15.4. The van der Waals surface area contributed by atoms with Crippen molar-refractivity contribution in [1.29, 1.82) is 0 Å². The van der Waals surface area contributed by atoms with E-state index in [9.17, 15) is 0 Å². The Hall–Kier alpha value is -2.63. The van der Waals surface area contributed by atoms with E-state index in [1.807, 2.05) is 42.0 Å². The molecule has 4 aromatic rings. The van der Waals surface area contributed by atoms with Gasteiger partial charge in [-0.05, 0) is 18.9 Å². The monoisotopic (exact) mass is 294 g/mol. The molecule has 0 amide bonds. The summed E-state index contributed by atoms with van der Waals surface area (Å²) in [5, 5.41) is 11.0. The molecule has 4 rings (SSSR count). The Balaban J connectivity index is 2.15. The van der Waals surface area contributed by atoms with Gasteiger partial charge < -0.3 is 4.98 Å². The van der Waals surface area contributed by atoms with Crippen LogP contribution in [0.15, 0.2) is 18.6 Å². The van der Waals surface area contributed by atoms with Gasteiger partial charge in [0.15, 0.2) is 0 Å². The summed E-state index contributed by atoms with van der Waals surface area (Å²) in [5.74, 6) is 0. The highest BCUT2D eigenvalue weighted by molar-refractivity contribution is 6.06. The highest BCUT2D eigenvalue weighted by Crippen LogP contribution is 2.35. The molecule has 0 aliphatic carbocycles. The van der Waals surface area contributed by atoms with Gasteiger partial charge in [-0.15, -0.1) is 0 Å². The molecule has 0 saturated carbocycles. The number of fused-ring (bicyclic) bond motifs is 3. The maximum atomic E-state index is 4.58. The molecule has 0 fully saturated rings. The maximum Gasteiger partial charge on any atom is 0.140 e. The summed E-state index contributed by atoms with van der Waals surface area (Å²) < 4.78 is 3.82. The summed E-state index contributed by atoms with van der Waals surface area (Å²) >= 11 is 0. The highest BCUT2D eigenvalue weighted by Gasteiger charge is 2.19. The molecule has 1 N–H and O–H groups in total. The van der Waals surface area contributed by atoms with Crippen LogP contribution in [0.1, 0.15) is 18.2 Å². The van der Waals surface area contributed by atoms with E-state index in [0.717, 1.165) is 39.9 Å². The molecule has 4 aromatic heterocycles. The van der Waals surface area contributed by atoms with Crippen LogP contribution in [0.3, 0.4) is 0 Å². The fourth-order valence-electron chi connectivity index (χ4n) is 3.19. The lowest BCUT2D eigenvalue weighted by Gasteiger charge is -2.03. The molecule has 6 nitrogen and oxygen atoms in total. The normalized spacial score (nSPS) is 11.8. The number of H-pyrrole nitrogens is 1. The van der Waals surface area contributed by atoms with Crippen LogP contribution in [0.4, 0.5) is 0 Å². The first-order chi connectivity index (χ1) is 10.6. The second-order valence-corrected chi connectivity index (χ2v) is 5.65. The Bertz CT molecular complexity index is 1000. The van der Waals surface area contributed by atoms with E-state index in [-0.39, 0.29) is 0 Å². The Morgan fingerprint density at radius 3 is 2.55 bits per heavy atom. The first kappa shape index (κ1) is 13.1. The predicted molar refractivity (Wildman–Crippen MR) is 86.7 cm³/mol. The van der Waals surface area contributed by atoms with Gasteiger partial charge in [0.2, 0.25) is 0 Å². The Labute approximate surface area is 127 Å². The first-order valence-corrected chi connectivity index (χ1v) is 7.42. The van der Waals surface area contributed by atoms with E-state index >= 15 is 0 Å². The average Bonchev–Trinajstić information content (AvgIpc) is 3.16. The van der Waals surface area contributed by atoms with Crippen LogP contribution < -0.4 is 0 Å². The standard InChI is InChI=1S/C16H18N6/c1-5-11-13-15-10(7-18-22(15)4)6-17-16(13)20-14(11)12-8-19-21(3)9(12)2/h6-8H,5H2,1-4H3,(H,17,20). The molecule has 4 heterocycles. The van der Waals surface area contributed by atoms with Gasteiger partial charge in [0.05, 0.1) is 23.6 Å². The molecule has 0 spiro atoms. The van der Waals surface area contributed by atoms with Crippen molar-refractivity contribution in [3.8, 4) is 11.3 Å². The third kappa shape index (κ3) is 1.57. The average molecular weight is 294 g/mol. The molecule has 0 atom stereocenters. The number of nitrogens with zero attached hydrogens (tertiary/aromatic N) is 5. The van der Waals surface area contributed by atoms with Crippen LogP contribution in [0.25, 0.3) is 33.2 Å². The highest BCUT2D eigenvalue weighted by atomic mass is 15.3. The van der Waals surface area contributed by atoms with Crippen LogP contribution in [-0.2, 0) is 20.5 Å². The Morgan fingerprint density at radius 2 is 1.86 bits per heavy atom. The lowest BCUT2D eigenvalue weighted by Crippen LogP contribution is -1.94. The zero-order valence-corrected chi connectivity index (χ0v) is 13.2. The number of nitrogens with one attached hydrogen (secondary N) is 1. The van der Waals surface area contributed by atoms with Crippen LogP contribution >= 0.6 is 0 Å². The lowest BCUT2D eigenvalue weighted by molar-refractivity contribution is 0.740. The SMILES string of the molecule is CCc1c(-c2cnn(C)c2C)[nH]c2ncc3cnn(C)c3c12. The molecule has 0 aliphatic heterocycles. The number of pyridine rings is 1. The number of hydrogen-bond acceptors (Lipinski definition) is 3. The number of aromatic amines is 1. The number of rotatable bonds is 2.